The largest absolute Gasteiger partial charge is 0.340 e. The molecule has 6 nitrogen and oxygen atoms in total. The molecular weight excluding hydrogens is 292 g/mol. The molecule has 1 fully saturated rings. The summed E-state index contributed by atoms with van der Waals surface area (Å²) >= 11 is 0. The zero-order chi connectivity index (χ0) is 16.6. The number of anilines is 1. The van der Waals surface area contributed by atoms with Crippen molar-refractivity contribution >= 4 is 17.5 Å². The summed E-state index contributed by atoms with van der Waals surface area (Å²) in [7, 11) is 1.81. The van der Waals surface area contributed by atoms with Crippen molar-refractivity contribution in [3.63, 3.8) is 0 Å². The van der Waals surface area contributed by atoms with Gasteiger partial charge in [0.25, 0.3) is 5.91 Å². The Labute approximate surface area is 135 Å². The van der Waals surface area contributed by atoms with Crippen molar-refractivity contribution in [1.29, 1.82) is 0 Å². The predicted octanol–water partition coefficient (Wildman–Crippen LogP) is 1.57. The Morgan fingerprint density at radius 1 is 1.35 bits per heavy atom. The molecule has 2 aromatic rings. The molecule has 0 bridgehead atoms. The maximum Gasteiger partial charge on any atom is 0.252 e. The predicted molar refractivity (Wildman–Crippen MR) is 87.3 cm³/mol. The van der Waals surface area contributed by atoms with Crippen LogP contribution in [0.5, 0.6) is 0 Å². The number of nitrogens with one attached hydrogen (secondary N) is 1. The number of hydrogen-bond acceptors (Lipinski definition) is 3. The van der Waals surface area contributed by atoms with Crippen LogP contribution in [0, 0.1) is 13.8 Å². The van der Waals surface area contributed by atoms with Crippen LogP contribution in [0.25, 0.3) is 0 Å². The summed E-state index contributed by atoms with van der Waals surface area (Å²) in [5.41, 5.74) is 3.39. The summed E-state index contributed by atoms with van der Waals surface area (Å²) in [6.07, 6.45) is 4.06. The fraction of sp³-hybridized carbons (Fsp3) is 0.353. The minimum Gasteiger partial charge on any atom is -0.340 e. The number of carbonyl (C=O) groups is 2. The third kappa shape index (κ3) is 2.84. The van der Waals surface area contributed by atoms with Crippen LogP contribution >= 0.6 is 0 Å². The molecule has 0 unspecified atom stereocenters. The highest BCUT2D eigenvalue weighted by Crippen LogP contribution is 2.21. The molecule has 0 radical (unpaired) electrons. The van der Waals surface area contributed by atoms with Gasteiger partial charge in [0, 0.05) is 25.4 Å². The molecule has 1 N–H and O–H groups in total. The van der Waals surface area contributed by atoms with Crippen LogP contribution in [0.15, 0.2) is 30.6 Å². The number of aromatic nitrogens is 2. The van der Waals surface area contributed by atoms with Crippen molar-refractivity contribution in [2.45, 2.75) is 26.3 Å². The summed E-state index contributed by atoms with van der Waals surface area (Å²) in [6.45, 7) is 4.47. The number of rotatable bonds is 3. The van der Waals surface area contributed by atoms with Gasteiger partial charge in [0.15, 0.2) is 0 Å². The summed E-state index contributed by atoms with van der Waals surface area (Å²) in [5, 5.41) is 6.95. The van der Waals surface area contributed by atoms with E-state index in [2.05, 4.69) is 10.4 Å². The lowest BCUT2D eigenvalue weighted by molar-refractivity contribution is -0.118. The normalized spacial score (nSPS) is 17.6. The quantitative estimate of drug-likeness (QED) is 0.935. The summed E-state index contributed by atoms with van der Waals surface area (Å²) in [6, 6.07) is 5.13. The molecule has 1 aromatic heterocycles. The molecule has 0 saturated carbocycles. The second kappa shape index (κ2) is 5.87. The SMILES string of the molecule is Cc1cccc(C(=O)N[C@H]2CCN(c3cnn(C)c3)C2=O)c1C. The Morgan fingerprint density at radius 2 is 2.13 bits per heavy atom. The fourth-order valence-corrected chi connectivity index (χ4v) is 2.85. The molecule has 1 aromatic carbocycles. The highest BCUT2D eigenvalue weighted by Gasteiger charge is 2.34. The monoisotopic (exact) mass is 312 g/mol. The molecule has 1 aliphatic rings. The van der Waals surface area contributed by atoms with Crippen molar-refractivity contribution in [1.82, 2.24) is 15.1 Å². The summed E-state index contributed by atoms with van der Waals surface area (Å²) < 4.78 is 1.66. The number of hydrogen-bond donors (Lipinski definition) is 1. The maximum absolute atomic E-state index is 12.5. The van der Waals surface area contributed by atoms with Gasteiger partial charge in [-0.15, -0.1) is 0 Å². The molecule has 120 valence electrons. The first-order chi connectivity index (χ1) is 11.0. The molecule has 23 heavy (non-hydrogen) atoms. The smallest absolute Gasteiger partial charge is 0.252 e. The number of amides is 2. The van der Waals surface area contributed by atoms with Gasteiger partial charge in [0.05, 0.1) is 11.9 Å². The molecular formula is C17H20N4O2. The lowest BCUT2D eigenvalue weighted by Gasteiger charge is -2.16. The first-order valence-electron chi connectivity index (χ1n) is 7.64. The Bertz CT molecular complexity index is 766. The zero-order valence-electron chi connectivity index (χ0n) is 13.5. The minimum absolute atomic E-state index is 0.0864. The van der Waals surface area contributed by atoms with Crippen LogP contribution < -0.4 is 10.2 Å². The first-order valence-corrected chi connectivity index (χ1v) is 7.64. The van der Waals surface area contributed by atoms with Gasteiger partial charge in [-0.1, -0.05) is 12.1 Å². The lowest BCUT2D eigenvalue weighted by atomic mass is 10.0. The van der Waals surface area contributed by atoms with Gasteiger partial charge in [0.2, 0.25) is 5.91 Å². The van der Waals surface area contributed by atoms with E-state index in [1.165, 1.54) is 0 Å². The lowest BCUT2D eigenvalue weighted by Crippen LogP contribution is -2.41. The van der Waals surface area contributed by atoms with E-state index < -0.39 is 6.04 Å². The summed E-state index contributed by atoms with van der Waals surface area (Å²) in [5.74, 6) is -0.283. The Hall–Kier alpha value is -2.63. The van der Waals surface area contributed by atoms with Gasteiger partial charge >= 0.3 is 0 Å². The summed E-state index contributed by atoms with van der Waals surface area (Å²) in [4.78, 5) is 26.6. The van der Waals surface area contributed by atoms with E-state index in [4.69, 9.17) is 0 Å². The van der Waals surface area contributed by atoms with Crippen molar-refractivity contribution in [3.05, 3.63) is 47.3 Å². The topological polar surface area (TPSA) is 67.2 Å². The standard InChI is InChI=1S/C17H20N4O2/c1-11-5-4-6-14(12(11)2)16(22)19-15-7-8-21(17(15)23)13-9-18-20(3)10-13/h4-6,9-10,15H,7-8H2,1-3H3,(H,19,22)/t15-/m0/s1. The Morgan fingerprint density at radius 3 is 2.83 bits per heavy atom. The van der Waals surface area contributed by atoms with E-state index >= 15 is 0 Å². The van der Waals surface area contributed by atoms with E-state index in [1.807, 2.05) is 33.0 Å². The van der Waals surface area contributed by atoms with E-state index in [-0.39, 0.29) is 11.8 Å². The van der Waals surface area contributed by atoms with Gasteiger partial charge in [-0.2, -0.15) is 5.10 Å². The van der Waals surface area contributed by atoms with Crippen LogP contribution in [-0.4, -0.2) is 34.2 Å². The molecule has 1 aliphatic heterocycles. The minimum atomic E-state index is -0.484. The van der Waals surface area contributed by atoms with Crippen LogP contribution in [-0.2, 0) is 11.8 Å². The molecule has 2 amide bonds. The number of benzene rings is 1. The van der Waals surface area contributed by atoms with Crippen molar-refractivity contribution < 1.29 is 9.59 Å². The molecule has 0 spiro atoms. The number of aryl methyl sites for hydroxylation is 2. The van der Waals surface area contributed by atoms with Crippen LogP contribution in [0.4, 0.5) is 5.69 Å². The van der Waals surface area contributed by atoms with Crippen molar-refractivity contribution in [3.8, 4) is 0 Å². The second-order valence-electron chi connectivity index (χ2n) is 5.92. The third-order valence-electron chi connectivity index (χ3n) is 4.36. The molecule has 1 saturated heterocycles. The van der Waals surface area contributed by atoms with Crippen LogP contribution in [0.1, 0.15) is 27.9 Å². The van der Waals surface area contributed by atoms with Crippen molar-refractivity contribution in [2.24, 2.45) is 7.05 Å². The highest BCUT2D eigenvalue weighted by molar-refractivity contribution is 6.04. The van der Waals surface area contributed by atoms with E-state index in [1.54, 1.807) is 28.0 Å². The van der Waals surface area contributed by atoms with Crippen LogP contribution in [0.3, 0.4) is 0 Å². The zero-order valence-corrected chi connectivity index (χ0v) is 13.5. The number of nitrogens with zero attached hydrogens (tertiary/aromatic N) is 3. The van der Waals surface area contributed by atoms with Gasteiger partial charge < -0.3 is 10.2 Å². The van der Waals surface area contributed by atoms with Gasteiger partial charge in [-0.05, 0) is 37.5 Å². The Balaban J connectivity index is 1.73. The average Bonchev–Trinajstić information content (AvgIpc) is 3.09. The highest BCUT2D eigenvalue weighted by atomic mass is 16.2. The fourth-order valence-electron chi connectivity index (χ4n) is 2.85. The first kappa shape index (κ1) is 15.3. The molecule has 3 rings (SSSR count). The van der Waals surface area contributed by atoms with E-state index in [0.717, 1.165) is 16.8 Å². The maximum atomic E-state index is 12.5. The molecule has 2 heterocycles. The average molecular weight is 312 g/mol. The molecule has 1 atom stereocenters. The van der Waals surface area contributed by atoms with Gasteiger partial charge in [-0.25, -0.2) is 0 Å². The Kier molecular flexibility index (Phi) is 3.90. The van der Waals surface area contributed by atoms with E-state index in [9.17, 15) is 9.59 Å². The van der Waals surface area contributed by atoms with E-state index in [0.29, 0.717) is 18.5 Å². The molecule has 0 aliphatic carbocycles. The van der Waals surface area contributed by atoms with Crippen molar-refractivity contribution in [2.75, 3.05) is 11.4 Å². The van der Waals surface area contributed by atoms with Gasteiger partial charge in [0.1, 0.15) is 6.04 Å². The van der Waals surface area contributed by atoms with Crippen LogP contribution in [0.2, 0.25) is 0 Å². The number of carbonyl (C=O) groups excluding carboxylic acids is 2. The molecule has 6 heteroatoms. The second-order valence-corrected chi connectivity index (χ2v) is 5.92. The van der Waals surface area contributed by atoms with Gasteiger partial charge in [-0.3, -0.25) is 14.3 Å². The third-order valence-corrected chi connectivity index (χ3v) is 4.36.